The Morgan fingerprint density at radius 3 is 2.74 bits per heavy atom. The molecule has 2 rings (SSSR count). The lowest BCUT2D eigenvalue weighted by Gasteiger charge is -2.21. The minimum Gasteiger partial charge on any atom is -0.381 e. The van der Waals surface area contributed by atoms with Gasteiger partial charge in [0, 0.05) is 25.2 Å². The molecule has 2 nitrogen and oxygen atoms in total. The molecule has 1 aromatic carbocycles. The fourth-order valence-electron chi connectivity index (χ4n) is 2.59. The van der Waals surface area contributed by atoms with Crippen molar-refractivity contribution in [2.24, 2.45) is 5.92 Å². The average molecular weight is 260 g/mol. The maximum atomic E-state index is 12.2. The molecule has 1 aromatic rings. The van der Waals surface area contributed by atoms with Crippen LogP contribution in [0.1, 0.15) is 61.4 Å². The average Bonchev–Trinajstić information content (AvgIpc) is 2.46. The van der Waals surface area contributed by atoms with Gasteiger partial charge in [-0.3, -0.25) is 4.79 Å². The molecular weight excluding hydrogens is 236 g/mol. The third-order valence-corrected chi connectivity index (χ3v) is 4.00. The summed E-state index contributed by atoms with van der Waals surface area (Å²) in [6.45, 7) is 6.04. The first kappa shape index (κ1) is 14.3. The highest BCUT2D eigenvalue weighted by molar-refractivity contribution is 5.96. The van der Waals surface area contributed by atoms with E-state index in [1.807, 2.05) is 12.1 Å². The predicted octanol–water partition coefficient (Wildman–Crippen LogP) is 4.20. The molecule has 0 saturated carbocycles. The van der Waals surface area contributed by atoms with Gasteiger partial charge in [0.25, 0.3) is 0 Å². The van der Waals surface area contributed by atoms with Gasteiger partial charge in [0.2, 0.25) is 0 Å². The van der Waals surface area contributed by atoms with Crippen molar-refractivity contribution in [1.29, 1.82) is 0 Å². The summed E-state index contributed by atoms with van der Waals surface area (Å²) in [5.74, 6) is 1.43. The summed E-state index contributed by atoms with van der Waals surface area (Å²) >= 11 is 0. The van der Waals surface area contributed by atoms with Gasteiger partial charge in [0.1, 0.15) is 0 Å². The van der Waals surface area contributed by atoms with Crippen LogP contribution in [0, 0.1) is 5.92 Å². The highest BCUT2D eigenvalue weighted by Gasteiger charge is 2.16. The maximum absolute atomic E-state index is 12.2. The van der Waals surface area contributed by atoms with E-state index in [9.17, 15) is 4.79 Å². The fourth-order valence-corrected chi connectivity index (χ4v) is 2.59. The van der Waals surface area contributed by atoms with Crippen molar-refractivity contribution in [2.45, 2.75) is 45.4 Å². The Morgan fingerprint density at radius 2 is 2.05 bits per heavy atom. The molecule has 2 heteroatoms. The van der Waals surface area contributed by atoms with E-state index in [0.29, 0.717) is 18.3 Å². The number of benzene rings is 1. The molecule has 0 N–H and O–H groups in total. The first-order valence-electron chi connectivity index (χ1n) is 7.37. The van der Waals surface area contributed by atoms with Crippen molar-refractivity contribution < 1.29 is 9.53 Å². The number of rotatable bonds is 5. The summed E-state index contributed by atoms with van der Waals surface area (Å²) < 4.78 is 5.35. The smallest absolute Gasteiger partial charge is 0.162 e. The van der Waals surface area contributed by atoms with E-state index in [-0.39, 0.29) is 5.78 Å². The number of ether oxygens (including phenoxy) is 1. The second kappa shape index (κ2) is 6.85. The van der Waals surface area contributed by atoms with Crippen molar-refractivity contribution in [1.82, 2.24) is 0 Å². The number of carbonyl (C=O) groups is 1. The molecule has 19 heavy (non-hydrogen) atoms. The van der Waals surface area contributed by atoms with Crippen LogP contribution in [0.15, 0.2) is 24.3 Å². The molecule has 0 spiro atoms. The lowest BCUT2D eigenvalue weighted by molar-refractivity contribution is 0.0619. The van der Waals surface area contributed by atoms with Crippen molar-refractivity contribution in [2.75, 3.05) is 13.2 Å². The van der Waals surface area contributed by atoms with Gasteiger partial charge in [-0.05, 0) is 42.7 Å². The molecule has 0 atom stereocenters. The van der Waals surface area contributed by atoms with Crippen LogP contribution < -0.4 is 0 Å². The van der Waals surface area contributed by atoms with Gasteiger partial charge in [-0.15, -0.1) is 0 Å². The summed E-state index contributed by atoms with van der Waals surface area (Å²) in [4.78, 5) is 12.2. The van der Waals surface area contributed by atoms with E-state index in [4.69, 9.17) is 4.74 Å². The Bertz CT molecular complexity index is 417. The first-order chi connectivity index (χ1) is 9.16. The van der Waals surface area contributed by atoms with Crippen molar-refractivity contribution in [3.63, 3.8) is 0 Å². The quantitative estimate of drug-likeness (QED) is 0.742. The largest absolute Gasteiger partial charge is 0.381 e. The maximum Gasteiger partial charge on any atom is 0.162 e. The zero-order valence-corrected chi connectivity index (χ0v) is 12.0. The van der Waals surface area contributed by atoms with E-state index in [1.54, 1.807) is 0 Å². The van der Waals surface area contributed by atoms with Gasteiger partial charge in [-0.25, -0.2) is 0 Å². The van der Waals surface area contributed by atoms with Crippen molar-refractivity contribution >= 4 is 5.78 Å². The number of hydrogen-bond acceptors (Lipinski definition) is 2. The Labute approximate surface area is 116 Å². The molecular formula is C17H24O2. The normalized spacial score (nSPS) is 16.8. The van der Waals surface area contributed by atoms with Crippen LogP contribution in [0.25, 0.3) is 0 Å². The third kappa shape index (κ3) is 4.17. The van der Waals surface area contributed by atoms with Gasteiger partial charge in [0.15, 0.2) is 5.78 Å². The standard InChI is InChI=1S/C17H24O2/c1-13(2)15-4-3-5-16(12-15)17(18)7-6-14-8-10-19-11-9-14/h3-5,12-14H,6-11H2,1-2H3. The summed E-state index contributed by atoms with van der Waals surface area (Å²) in [7, 11) is 0. The lowest BCUT2D eigenvalue weighted by atomic mass is 9.91. The summed E-state index contributed by atoms with van der Waals surface area (Å²) in [6.07, 6.45) is 3.90. The Hall–Kier alpha value is -1.15. The van der Waals surface area contributed by atoms with Gasteiger partial charge < -0.3 is 4.74 Å². The van der Waals surface area contributed by atoms with Gasteiger partial charge in [-0.1, -0.05) is 32.0 Å². The highest BCUT2D eigenvalue weighted by atomic mass is 16.5. The molecule has 1 fully saturated rings. The fraction of sp³-hybridized carbons (Fsp3) is 0.588. The number of carbonyl (C=O) groups excluding carboxylic acids is 1. The van der Waals surface area contributed by atoms with Crippen molar-refractivity contribution in [3.05, 3.63) is 35.4 Å². The molecule has 0 radical (unpaired) electrons. The third-order valence-electron chi connectivity index (χ3n) is 4.00. The van der Waals surface area contributed by atoms with Crippen LogP contribution in [0.3, 0.4) is 0 Å². The van der Waals surface area contributed by atoms with Crippen LogP contribution in [-0.2, 0) is 4.74 Å². The number of ketones is 1. The Morgan fingerprint density at radius 1 is 1.32 bits per heavy atom. The molecule has 1 saturated heterocycles. The lowest BCUT2D eigenvalue weighted by Crippen LogP contribution is -2.16. The zero-order valence-electron chi connectivity index (χ0n) is 12.0. The Kier molecular flexibility index (Phi) is 5.15. The summed E-state index contributed by atoms with van der Waals surface area (Å²) in [5, 5.41) is 0. The topological polar surface area (TPSA) is 26.3 Å². The number of Topliss-reactive ketones (excluding diaryl/α,β-unsaturated/α-hetero) is 1. The second-order valence-corrected chi connectivity index (χ2v) is 5.80. The number of hydrogen-bond donors (Lipinski definition) is 0. The SMILES string of the molecule is CC(C)c1cccc(C(=O)CCC2CCOCC2)c1. The van der Waals surface area contributed by atoms with E-state index >= 15 is 0 Å². The van der Waals surface area contributed by atoms with Crippen LogP contribution in [0.2, 0.25) is 0 Å². The molecule has 1 heterocycles. The predicted molar refractivity (Wildman–Crippen MR) is 77.6 cm³/mol. The van der Waals surface area contributed by atoms with Gasteiger partial charge >= 0.3 is 0 Å². The van der Waals surface area contributed by atoms with E-state index in [0.717, 1.165) is 38.0 Å². The molecule has 1 aliphatic rings. The van der Waals surface area contributed by atoms with E-state index in [2.05, 4.69) is 26.0 Å². The monoisotopic (exact) mass is 260 g/mol. The van der Waals surface area contributed by atoms with Gasteiger partial charge in [0.05, 0.1) is 0 Å². The van der Waals surface area contributed by atoms with E-state index in [1.165, 1.54) is 5.56 Å². The summed E-state index contributed by atoms with van der Waals surface area (Å²) in [5.41, 5.74) is 2.12. The molecule has 0 amide bonds. The molecule has 1 aliphatic heterocycles. The zero-order chi connectivity index (χ0) is 13.7. The Balaban J connectivity index is 1.90. The molecule has 104 valence electrons. The minimum atomic E-state index is 0.286. The van der Waals surface area contributed by atoms with Gasteiger partial charge in [-0.2, -0.15) is 0 Å². The second-order valence-electron chi connectivity index (χ2n) is 5.80. The first-order valence-corrected chi connectivity index (χ1v) is 7.37. The van der Waals surface area contributed by atoms with Crippen molar-refractivity contribution in [3.8, 4) is 0 Å². The van der Waals surface area contributed by atoms with E-state index < -0.39 is 0 Å². The minimum absolute atomic E-state index is 0.286. The molecule has 0 unspecified atom stereocenters. The van der Waals surface area contributed by atoms with Crippen LogP contribution in [-0.4, -0.2) is 19.0 Å². The summed E-state index contributed by atoms with van der Waals surface area (Å²) in [6, 6.07) is 8.09. The molecule has 0 aliphatic carbocycles. The van der Waals surface area contributed by atoms with Crippen LogP contribution >= 0.6 is 0 Å². The molecule has 0 aromatic heterocycles. The van der Waals surface area contributed by atoms with Crippen LogP contribution in [0.5, 0.6) is 0 Å². The highest BCUT2D eigenvalue weighted by Crippen LogP contribution is 2.22. The van der Waals surface area contributed by atoms with Crippen LogP contribution in [0.4, 0.5) is 0 Å². The molecule has 0 bridgehead atoms.